The van der Waals surface area contributed by atoms with Gasteiger partial charge in [-0.3, -0.25) is 0 Å². The molecule has 10 atom stereocenters. The van der Waals surface area contributed by atoms with Crippen LogP contribution in [0.15, 0.2) is 30.3 Å². The normalized spacial score (nSPS) is 42.2. The summed E-state index contributed by atoms with van der Waals surface area (Å²) in [6.07, 6.45) is -14.7. The van der Waals surface area contributed by atoms with E-state index >= 15 is 0 Å². The second-order valence-corrected chi connectivity index (χ2v) is 7.30. The Morgan fingerprint density at radius 2 is 1.30 bits per heavy atom. The number of aliphatic hydroxyl groups excluding tert-OH is 7. The molecule has 30 heavy (non-hydrogen) atoms. The van der Waals surface area contributed by atoms with Crippen molar-refractivity contribution in [2.45, 2.75) is 68.0 Å². The average molecular weight is 432 g/mol. The van der Waals surface area contributed by atoms with Crippen LogP contribution in [0.5, 0.6) is 0 Å². The van der Waals surface area contributed by atoms with Gasteiger partial charge in [-0.25, -0.2) is 0 Å². The Hall–Kier alpha value is -1.22. The fourth-order valence-corrected chi connectivity index (χ4v) is 3.45. The smallest absolute Gasteiger partial charge is 0.187 e. The zero-order valence-corrected chi connectivity index (χ0v) is 16.0. The lowest BCUT2D eigenvalue weighted by atomic mass is 9.97. The molecule has 0 bridgehead atoms. The first kappa shape index (κ1) is 23.4. The van der Waals surface area contributed by atoms with Gasteiger partial charge in [0.25, 0.3) is 0 Å². The Kier molecular flexibility index (Phi) is 8.12. The van der Waals surface area contributed by atoms with Crippen LogP contribution in [0, 0.1) is 0 Å². The van der Waals surface area contributed by atoms with Crippen LogP contribution in [-0.2, 0) is 25.6 Å². The van der Waals surface area contributed by atoms with Gasteiger partial charge in [0.2, 0.25) is 0 Å². The van der Waals surface area contributed by atoms with Crippen molar-refractivity contribution in [2.75, 3.05) is 13.2 Å². The molecule has 0 saturated carbocycles. The fourth-order valence-electron chi connectivity index (χ4n) is 3.45. The zero-order valence-electron chi connectivity index (χ0n) is 16.0. The van der Waals surface area contributed by atoms with Gasteiger partial charge in [-0.15, -0.1) is 0 Å². The van der Waals surface area contributed by atoms with Gasteiger partial charge in [0, 0.05) is 0 Å². The largest absolute Gasteiger partial charge is 0.394 e. The maximum Gasteiger partial charge on any atom is 0.187 e. The molecule has 1 aromatic rings. The summed E-state index contributed by atoms with van der Waals surface area (Å²) in [7, 11) is 0. The topological polar surface area (TPSA) is 179 Å². The molecule has 0 spiro atoms. The lowest BCUT2D eigenvalue weighted by Crippen LogP contribution is -2.64. The van der Waals surface area contributed by atoms with Gasteiger partial charge in [0.15, 0.2) is 12.6 Å². The quantitative estimate of drug-likeness (QED) is 0.231. The number of benzene rings is 1. The maximum absolute atomic E-state index is 10.5. The van der Waals surface area contributed by atoms with Gasteiger partial charge in [0.1, 0.15) is 48.8 Å². The summed E-state index contributed by atoms with van der Waals surface area (Å²) >= 11 is 0. The number of rotatable bonds is 7. The molecule has 2 fully saturated rings. The molecule has 0 aromatic heterocycles. The van der Waals surface area contributed by atoms with E-state index in [1.807, 2.05) is 18.2 Å². The van der Waals surface area contributed by atoms with Gasteiger partial charge in [0.05, 0.1) is 19.8 Å². The fraction of sp³-hybridized carbons (Fsp3) is 0.684. The highest BCUT2D eigenvalue weighted by Crippen LogP contribution is 2.29. The first-order valence-electron chi connectivity index (χ1n) is 9.61. The number of aliphatic hydroxyl groups is 7. The number of hydrogen-bond acceptors (Lipinski definition) is 11. The minimum absolute atomic E-state index is 0.0890. The Morgan fingerprint density at radius 1 is 0.700 bits per heavy atom. The van der Waals surface area contributed by atoms with Crippen molar-refractivity contribution >= 4 is 0 Å². The van der Waals surface area contributed by atoms with Crippen LogP contribution in [0.3, 0.4) is 0 Å². The standard InChI is InChI=1S/C19H28O11/c20-6-10-12(22)13(23)15(25)19(28-10)30-17-11(7-21)29-18(16(26)14(17)24)27-8-9-4-2-1-3-5-9/h1-5,10-26H,6-8H2/t10-,11+,12-,13-,14+,15+,16+,17+,18+,19-/m0/s1. The predicted molar refractivity (Wildman–Crippen MR) is 97.6 cm³/mol. The van der Waals surface area contributed by atoms with Gasteiger partial charge < -0.3 is 54.7 Å². The van der Waals surface area contributed by atoms with E-state index in [2.05, 4.69) is 0 Å². The van der Waals surface area contributed by atoms with E-state index < -0.39 is 74.6 Å². The highest BCUT2D eigenvalue weighted by atomic mass is 16.7. The molecule has 2 heterocycles. The first-order chi connectivity index (χ1) is 14.4. The van der Waals surface area contributed by atoms with E-state index in [1.54, 1.807) is 12.1 Å². The van der Waals surface area contributed by atoms with Crippen LogP contribution < -0.4 is 0 Å². The number of ether oxygens (including phenoxy) is 4. The summed E-state index contributed by atoms with van der Waals surface area (Å²) in [5, 5.41) is 69.7. The third-order valence-corrected chi connectivity index (χ3v) is 5.22. The van der Waals surface area contributed by atoms with Crippen molar-refractivity contribution in [1.82, 2.24) is 0 Å². The second-order valence-electron chi connectivity index (χ2n) is 7.30. The van der Waals surface area contributed by atoms with Crippen molar-refractivity contribution in [3.8, 4) is 0 Å². The van der Waals surface area contributed by atoms with Crippen LogP contribution in [0.1, 0.15) is 5.56 Å². The van der Waals surface area contributed by atoms with Crippen LogP contribution >= 0.6 is 0 Å². The zero-order chi connectivity index (χ0) is 21.8. The molecule has 0 amide bonds. The summed E-state index contributed by atoms with van der Waals surface area (Å²) in [4.78, 5) is 0. The minimum atomic E-state index is -1.71. The highest BCUT2D eigenvalue weighted by molar-refractivity contribution is 5.13. The van der Waals surface area contributed by atoms with Crippen LogP contribution in [0.2, 0.25) is 0 Å². The molecule has 2 aliphatic heterocycles. The first-order valence-corrected chi connectivity index (χ1v) is 9.61. The van der Waals surface area contributed by atoms with Crippen molar-refractivity contribution in [2.24, 2.45) is 0 Å². The van der Waals surface area contributed by atoms with E-state index in [0.29, 0.717) is 0 Å². The molecule has 0 radical (unpaired) electrons. The summed E-state index contributed by atoms with van der Waals surface area (Å²) in [5.41, 5.74) is 0.808. The molecule has 1 aromatic carbocycles. The maximum atomic E-state index is 10.5. The lowest BCUT2D eigenvalue weighted by molar-refractivity contribution is -0.360. The molecule has 3 rings (SSSR count). The molecule has 7 N–H and O–H groups in total. The van der Waals surface area contributed by atoms with E-state index in [9.17, 15) is 35.7 Å². The van der Waals surface area contributed by atoms with Gasteiger partial charge in [-0.2, -0.15) is 0 Å². The van der Waals surface area contributed by atoms with Crippen molar-refractivity contribution in [3.05, 3.63) is 35.9 Å². The van der Waals surface area contributed by atoms with E-state index in [4.69, 9.17) is 18.9 Å². The Morgan fingerprint density at radius 3 is 1.93 bits per heavy atom. The third kappa shape index (κ3) is 4.98. The third-order valence-electron chi connectivity index (χ3n) is 5.22. The SMILES string of the molecule is OC[C@@H]1O[C@@H](O[C@H]2[C@H](O)[C@@H](O)[C@H](OCc3ccccc3)O[C@@H]2CO)[C@H](O)[C@@H](O)[C@H]1O. The number of hydrogen-bond donors (Lipinski definition) is 7. The molecule has 0 unspecified atom stereocenters. The molecule has 11 heteroatoms. The summed E-state index contributed by atoms with van der Waals surface area (Å²) in [6, 6.07) is 9.07. The Balaban J connectivity index is 1.66. The molecule has 2 aliphatic rings. The van der Waals surface area contributed by atoms with E-state index in [0.717, 1.165) is 5.56 Å². The average Bonchev–Trinajstić information content (AvgIpc) is 2.77. The van der Waals surface area contributed by atoms with Gasteiger partial charge in [-0.05, 0) is 5.56 Å². The lowest BCUT2D eigenvalue weighted by Gasteiger charge is -2.45. The summed E-state index contributed by atoms with van der Waals surface area (Å²) < 4.78 is 21.8. The molecule has 170 valence electrons. The predicted octanol–water partition coefficient (Wildman–Crippen LogP) is -3.17. The van der Waals surface area contributed by atoms with Crippen LogP contribution in [0.4, 0.5) is 0 Å². The second kappa shape index (κ2) is 10.4. The Bertz CT molecular complexity index is 643. The van der Waals surface area contributed by atoms with Crippen LogP contribution in [0.25, 0.3) is 0 Å². The van der Waals surface area contributed by atoms with E-state index in [1.165, 1.54) is 0 Å². The molecule has 2 saturated heterocycles. The van der Waals surface area contributed by atoms with Crippen molar-refractivity contribution in [3.63, 3.8) is 0 Å². The molecular formula is C19H28O11. The minimum Gasteiger partial charge on any atom is -0.394 e. The van der Waals surface area contributed by atoms with Gasteiger partial charge in [-0.1, -0.05) is 30.3 Å². The van der Waals surface area contributed by atoms with E-state index in [-0.39, 0.29) is 6.61 Å². The monoisotopic (exact) mass is 432 g/mol. The Labute approximate surface area is 172 Å². The molecule has 11 nitrogen and oxygen atoms in total. The van der Waals surface area contributed by atoms with Crippen molar-refractivity contribution < 1.29 is 54.7 Å². The van der Waals surface area contributed by atoms with Crippen LogP contribution in [-0.4, -0.2) is 110 Å². The highest BCUT2D eigenvalue weighted by Gasteiger charge is 2.50. The molecular weight excluding hydrogens is 404 g/mol. The molecule has 0 aliphatic carbocycles. The van der Waals surface area contributed by atoms with Crippen molar-refractivity contribution in [1.29, 1.82) is 0 Å². The van der Waals surface area contributed by atoms with Gasteiger partial charge >= 0.3 is 0 Å². The summed E-state index contributed by atoms with van der Waals surface area (Å²) in [5.74, 6) is 0. The summed E-state index contributed by atoms with van der Waals surface area (Å²) in [6.45, 7) is -1.18.